The molecule has 1 fully saturated rings. The van der Waals surface area contributed by atoms with Crippen molar-refractivity contribution in [2.75, 3.05) is 33.3 Å². The van der Waals surface area contributed by atoms with Crippen molar-refractivity contribution in [3.05, 3.63) is 52.3 Å². The van der Waals surface area contributed by atoms with Gasteiger partial charge < -0.3 is 19.5 Å². The Morgan fingerprint density at radius 1 is 1.04 bits per heavy atom. The molecule has 144 valence electrons. The summed E-state index contributed by atoms with van der Waals surface area (Å²) >= 11 is 0. The summed E-state index contributed by atoms with van der Waals surface area (Å²) in [5, 5.41) is 0. The van der Waals surface area contributed by atoms with Gasteiger partial charge in [0, 0.05) is 43.1 Å². The Balaban J connectivity index is 1.58. The summed E-state index contributed by atoms with van der Waals surface area (Å²) in [4.78, 5) is 32.2. The molecule has 0 radical (unpaired) electrons. The van der Waals surface area contributed by atoms with Crippen LogP contribution in [0.4, 0.5) is 0 Å². The van der Waals surface area contributed by atoms with Crippen LogP contribution in [0.2, 0.25) is 0 Å². The highest BCUT2D eigenvalue weighted by Crippen LogP contribution is 2.20. The largest absolute Gasteiger partial charge is 0.496 e. The predicted molar refractivity (Wildman–Crippen MR) is 104 cm³/mol. The van der Waals surface area contributed by atoms with Crippen molar-refractivity contribution in [3.8, 4) is 5.75 Å². The molecule has 0 atom stereocenters. The molecule has 0 bridgehead atoms. The number of aromatic nitrogens is 1. The van der Waals surface area contributed by atoms with E-state index < -0.39 is 0 Å². The van der Waals surface area contributed by atoms with Gasteiger partial charge >= 0.3 is 0 Å². The Morgan fingerprint density at radius 2 is 1.70 bits per heavy atom. The lowest BCUT2D eigenvalue weighted by Gasteiger charge is -2.35. The van der Waals surface area contributed by atoms with E-state index in [4.69, 9.17) is 4.74 Å². The SMILES string of the molecule is COc1ccc(C(=O)N2CCN(C(=O)Cc3cc(C)[nH]c3C)CC2)cc1C. The van der Waals surface area contributed by atoms with Gasteiger partial charge in [0.2, 0.25) is 5.91 Å². The molecule has 6 nitrogen and oxygen atoms in total. The molecule has 1 aromatic carbocycles. The van der Waals surface area contributed by atoms with E-state index in [0.717, 1.165) is 28.3 Å². The fourth-order valence-corrected chi connectivity index (χ4v) is 3.59. The number of amides is 2. The molecule has 2 aromatic rings. The highest BCUT2D eigenvalue weighted by Gasteiger charge is 2.25. The minimum absolute atomic E-state index is 0.00459. The molecule has 1 aliphatic heterocycles. The summed E-state index contributed by atoms with van der Waals surface area (Å²) in [7, 11) is 1.62. The zero-order valence-corrected chi connectivity index (χ0v) is 16.5. The number of ether oxygens (including phenoxy) is 1. The minimum atomic E-state index is 0.00459. The van der Waals surface area contributed by atoms with Crippen LogP contribution in [0.25, 0.3) is 0 Å². The number of benzene rings is 1. The summed E-state index contributed by atoms with van der Waals surface area (Å²) in [6.07, 6.45) is 0.405. The van der Waals surface area contributed by atoms with Crippen molar-refractivity contribution in [2.24, 2.45) is 0 Å². The van der Waals surface area contributed by atoms with Crippen LogP contribution in [-0.4, -0.2) is 59.9 Å². The van der Waals surface area contributed by atoms with E-state index in [0.29, 0.717) is 38.2 Å². The monoisotopic (exact) mass is 369 g/mol. The summed E-state index contributed by atoms with van der Waals surface area (Å²) in [6.45, 7) is 8.16. The van der Waals surface area contributed by atoms with E-state index in [1.165, 1.54) is 0 Å². The third-order valence-electron chi connectivity index (χ3n) is 5.16. The Labute approximate surface area is 160 Å². The Bertz CT molecular complexity index is 848. The van der Waals surface area contributed by atoms with Crippen molar-refractivity contribution in [1.29, 1.82) is 0 Å². The number of H-pyrrole nitrogens is 1. The molecule has 3 rings (SSSR count). The number of hydrogen-bond donors (Lipinski definition) is 1. The highest BCUT2D eigenvalue weighted by molar-refractivity contribution is 5.94. The molecule has 1 N–H and O–H groups in total. The molecule has 1 saturated heterocycles. The molecule has 0 unspecified atom stereocenters. The second-order valence-electron chi connectivity index (χ2n) is 7.14. The number of hydrogen-bond acceptors (Lipinski definition) is 3. The highest BCUT2D eigenvalue weighted by atomic mass is 16.5. The standard InChI is InChI=1S/C21H27N3O3/c1-14-11-17(5-6-19(14)27-4)21(26)24-9-7-23(8-10-24)20(25)13-18-12-15(2)22-16(18)3/h5-6,11-12,22H,7-10,13H2,1-4H3. The topological polar surface area (TPSA) is 65.6 Å². The van der Waals surface area contributed by atoms with Gasteiger partial charge in [-0.2, -0.15) is 0 Å². The maximum Gasteiger partial charge on any atom is 0.253 e. The van der Waals surface area contributed by atoms with Crippen molar-refractivity contribution in [3.63, 3.8) is 0 Å². The molecule has 1 aliphatic rings. The molecule has 2 heterocycles. The zero-order valence-electron chi connectivity index (χ0n) is 16.5. The molecular weight excluding hydrogens is 342 g/mol. The number of carbonyl (C=O) groups excluding carboxylic acids is 2. The van der Waals surface area contributed by atoms with Gasteiger partial charge in [0.15, 0.2) is 0 Å². The van der Waals surface area contributed by atoms with Crippen LogP contribution in [-0.2, 0) is 11.2 Å². The number of carbonyl (C=O) groups is 2. The van der Waals surface area contributed by atoms with Gasteiger partial charge in [-0.15, -0.1) is 0 Å². The number of rotatable bonds is 4. The summed E-state index contributed by atoms with van der Waals surface area (Å²) in [6, 6.07) is 7.50. The zero-order chi connectivity index (χ0) is 19.6. The van der Waals surface area contributed by atoms with Crippen molar-refractivity contribution < 1.29 is 14.3 Å². The van der Waals surface area contributed by atoms with Crippen LogP contribution < -0.4 is 4.74 Å². The van der Waals surface area contributed by atoms with Gasteiger partial charge in [-0.1, -0.05) is 0 Å². The van der Waals surface area contributed by atoms with Crippen LogP contribution in [0.15, 0.2) is 24.3 Å². The first kappa shape index (κ1) is 19.0. The second kappa shape index (κ2) is 7.86. The van der Waals surface area contributed by atoms with Crippen LogP contribution in [0.3, 0.4) is 0 Å². The number of nitrogens with one attached hydrogen (secondary N) is 1. The number of aryl methyl sites for hydroxylation is 3. The maximum absolute atomic E-state index is 12.7. The number of methoxy groups -OCH3 is 1. The van der Waals surface area contributed by atoms with E-state index in [9.17, 15) is 9.59 Å². The summed E-state index contributed by atoms with van der Waals surface area (Å²) < 4.78 is 5.25. The van der Waals surface area contributed by atoms with Crippen LogP contribution in [0.1, 0.15) is 32.9 Å². The van der Waals surface area contributed by atoms with E-state index >= 15 is 0 Å². The molecule has 1 aromatic heterocycles. The first-order valence-electron chi connectivity index (χ1n) is 9.26. The third kappa shape index (κ3) is 4.15. The first-order valence-corrected chi connectivity index (χ1v) is 9.26. The Hall–Kier alpha value is -2.76. The number of piperazine rings is 1. The third-order valence-corrected chi connectivity index (χ3v) is 5.16. The molecule has 0 aliphatic carbocycles. The number of aromatic amines is 1. The quantitative estimate of drug-likeness (QED) is 0.900. The molecule has 0 spiro atoms. The lowest BCUT2D eigenvalue weighted by atomic mass is 10.1. The lowest BCUT2D eigenvalue weighted by molar-refractivity contribution is -0.131. The molecule has 0 saturated carbocycles. The predicted octanol–water partition coefficient (Wildman–Crippen LogP) is 2.48. The Morgan fingerprint density at radius 3 is 2.26 bits per heavy atom. The first-order chi connectivity index (χ1) is 12.9. The van der Waals surface area contributed by atoms with E-state index in [2.05, 4.69) is 4.98 Å². The van der Waals surface area contributed by atoms with Crippen LogP contribution in [0, 0.1) is 20.8 Å². The van der Waals surface area contributed by atoms with Crippen molar-refractivity contribution in [1.82, 2.24) is 14.8 Å². The van der Waals surface area contributed by atoms with Crippen LogP contribution >= 0.6 is 0 Å². The normalized spacial score (nSPS) is 14.4. The average molecular weight is 369 g/mol. The van der Waals surface area contributed by atoms with E-state index in [-0.39, 0.29) is 11.8 Å². The van der Waals surface area contributed by atoms with Gasteiger partial charge in [0.1, 0.15) is 5.75 Å². The molecular formula is C21H27N3O3. The van der Waals surface area contributed by atoms with Crippen LogP contribution in [0.5, 0.6) is 5.75 Å². The average Bonchev–Trinajstić information content (AvgIpc) is 2.98. The molecule has 2 amide bonds. The van der Waals surface area contributed by atoms with Gasteiger partial charge in [0.05, 0.1) is 13.5 Å². The maximum atomic E-state index is 12.7. The Kier molecular flexibility index (Phi) is 5.54. The van der Waals surface area contributed by atoms with Gasteiger partial charge in [-0.3, -0.25) is 9.59 Å². The van der Waals surface area contributed by atoms with Gasteiger partial charge in [0.25, 0.3) is 5.91 Å². The molecule has 27 heavy (non-hydrogen) atoms. The van der Waals surface area contributed by atoms with Crippen molar-refractivity contribution >= 4 is 11.8 Å². The van der Waals surface area contributed by atoms with E-state index in [1.807, 2.05) is 48.8 Å². The van der Waals surface area contributed by atoms with Gasteiger partial charge in [-0.25, -0.2) is 0 Å². The number of nitrogens with zero attached hydrogens (tertiary/aromatic N) is 2. The minimum Gasteiger partial charge on any atom is -0.496 e. The second-order valence-corrected chi connectivity index (χ2v) is 7.14. The summed E-state index contributed by atoms with van der Waals surface area (Å²) in [5.41, 5.74) is 4.76. The fourth-order valence-electron chi connectivity index (χ4n) is 3.59. The molecule has 6 heteroatoms. The van der Waals surface area contributed by atoms with E-state index in [1.54, 1.807) is 13.2 Å². The van der Waals surface area contributed by atoms with Crippen molar-refractivity contribution in [2.45, 2.75) is 27.2 Å². The summed E-state index contributed by atoms with van der Waals surface area (Å²) in [5.74, 6) is 0.895. The fraction of sp³-hybridized carbons (Fsp3) is 0.429. The lowest BCUT2D eigenvalue weighted by Crippen LogP contribution is -2.51. The van der Waals surface area contributed by atoms with Gasteiger partial charge in [-0.05, 0) is 56.2 Å². The smallest absolute Gasteiger partial charge is 0.253 e.